The number of hydrogen-bond donors (Lipinski definition) is 2. The number of aryl methyl sites for hydroxylation is 2. The SMILES string of the molecule is Cc1ccc(S(N)(=O)=O)cc1NC(=O)CSc1ccccc1C. The Labute approximate surface area is 140 Å². The third kappa shape index (κ3) is 4.82. The summed E-state index contributed by atoms with van der Waals surface area (Å²) in [6.07, 6.45) is 0. The summed E-state index contributed by atoms with van der Waals surface area (Å²) in [4.78, 5) is 13.1. The van der Waals surface area contributed by atoms with Crippen LogP contribution in [0.2, 0.25) is 0 Å². The lowest BCUT2D eigenvalue weighted by Crippen LogP contribution is -2.17. The largest absolute Gasteiger partial charge is 0.325 e. The van der Waals surface area contributed by atoms with Crippen LogP contribution >= 0.6 is 11.8 Å². The molecule has 3 N–H and O–H groups in total. The Bertz CT molecular complexity index is 833. The fourth-order valence-corrected chi connectivity index (χ4v) is 3.33. The number of thioether (sulfide) groups is 1. The summed E-state index contributed by atoms with van der Waals surface area (Å²) in [7, 11) is -3.80. The molecule has 0 fully saturated rings. The summed E-state index contributed by atoms with van der Waals surface area (Å²) in [5, 5.41) is 7.85. The van der Waals surface area contributed by atoms with Crippen LogP contribution in [-0.4, -0.2) is 20.1 Å². The molecule has 0 atom stereocenters. The number of sulfonamides is 1. The highest BCUT2D eigenvalue weighted by molar-refractivity contribution is 8.00. The molecule has 5 nitrogen and oxygen atoms in total. The van der Waals surface area contributed by atoms with Crippen molar-refractivity contribution >= 4 is 33.4 Å². The Morgan fingerprint density at radius 2 is 1.83 bits per heavy atom. The molecule has 0 saturated carbocycles. The Hall–Kier alpha value is -1.83. The molecule has 0 aliphatic rings. The van der Waals surface area contributed by atoms with Crippen LogP contribution < -0.4 is 10.5 Å². The smallest absolute Gasteiger partial charge is 0.238 e. The predicted octanol–water partition coefficient (Wildman–Crippen LogP) is 2.68. The van der Waals surface area contributed by atoms with Crippen LogP contribution in [0, 0.1) is 13.8 Å². The van der Waals surface area contributed by atoms with E-state index in [4.69, 9.17) is 5.14 Å². The van der Waals surface area contributed by atoms with Gasteiger partial charge >= 0.3 is 0 Å². The van der Waals surface area contributed by atoms with Gasteiger partial charge in [-0.25, -0.2) is 13.6 Å². The van der Waals surface area contributed by atoms with Gasteiger partial charge in [0.05, 0.1) is 10.6 Å². The van der Waals surface area contributed by atoms with Gasteiger partial charge in [-0.2, -0.15) is 0 Å². The molecule has 2 aromatic carbocycles. The zero-order valence-electron chi connectivity index (χ0n) is 12.9. The molecule has 7 heteroatoms. The van der Waals surface area contributed by atoms with E-state index in [1.807, 2.05) is 31.2 Å². The highest BCUT2D eigenvalue weighted by Gasteiger charge is 2.12. The second-order valence-electron chi connectivity index (χ2n) is 5.12. The number of carbonyl (C=O) groups is 1. The van der Waals surface area contributed by atoms with E-state index in [1.165, 1.54) is 23.9 Å². The van der Waals surface area contributed by atoms with E-state index >= 15 is 0 Å². The van der Waals surface area contributed by atoms with E-state index in [2.05, 4.69) is 5.32 Å². The van der Waals surface area contributed by atoms with Gasteiger partial charge in [-0.1, -0.05) is 24.3 Å². The quantitative estimate of drug-likeness (QED) is 0.811. The highest BCUT2D eigenvalue weighted by atomic mass is 32.2. The molecule has 0 aliphatic heterocycles. The fourth-order valence-electron chi connectivity index (χ4n) is 1.96. The zero-order chi connectivity index (χ0) is 17.0. The van der Waals surface area contributed by atoms with Crippen molar-refractivity contribution in [3.05, 3.63) is 53.6 Å². The van der Waals surface area contributed by atoms with Crippen LogP contribution in [0.5, 0.6) is 0 Å². The lowest BCUT2D eigenvalue weighted by atomic mass is 10.2. The van der Waals surface area contributed by atoms with E-state index in [0.29, 0.717) is 5.69 Å². The fraction of sp³-hybridized carbons (Fsp3) is 0.188. The summed E-state index contributed by atoms with van der Waals surface area (Å²) >= 11 is 1.44. The normalized spacial score (nSPS) is 11.3. The molecule has 0 aliphatic carbocycles. The molecule has 0 radical (unpaired) electrons. The van der Waals surface area contributed by atoms with Gasteiger partial charge in [0.2, 0.25) is 15.9 Å². The maximum absolute atomic E-state index is 12.1. The molecular formula is C16H18N2O3S2. The first-order chi connectivity index (χ1) is 10.8. The number of rotatable bonds is 5. The van der Waals surface area contributed by atoms with Gasteiger partial charge in [0.1, 0.15) is 0 Å². The minimum absolute atomic E-state index is 0.0232. The number of benzene rings is 2. The van der Waals surface area contributed by atoms with Crippen molar-refractivity contribution in [1.82, 2.24) is 0 Å². The standard InChI is InChI=1S/C16H18N2O3S2/c1-11-7-8-13(23(17,20)21)9-14(11)18-16(19)10-22-15-6-4-3-5-12(15)2/h3-9H,10H2,1-2H3,(H,18,19)(H2,17,20,21). The first-order valence-corrected chi connectivity index (χ1v) is 9.42. The van der Waals surface area contributed by atoms with E-state index < -0.39 is 10.0 Å². The van der Waals surface area contributed by atoms with Gasteiger partial charge in [0, 0.05) is 10.6 Å². The maximum atomic E-state index is 12.1. The van der Waals surface area contributed by atoms with Crippen molar-refractivity contribution in [1.29, 1.82) is 0 Å². The van der Waals surface area contributed by atoms with Crippen LogP contribution in [0.1, 0.15) is 11.1 Å². The molecule has 0 saturated heterocycles. The van der Waals surface area contributed by atoms with Crippen LogP contribution in [-0.2, 0) is 14.8 Å². The van der Waals surface area contributed by atoms with Crippen molar-refractivity contribution in [2.24, 2.45) is 5.14 Å². The Balaban J connectivity index is 2.07. The van der Waals surface area contributed by atoms with Gasteiger partial charge in [-0.15, -0.1) is 11.8 Å². The van der Waals surface area contributed by atoms with Crippen molar-refractivity contribution < 1.29 is 13.2 Å². The molecule has 23 heavy (non-hydrogen) atoms. The summed E-state index contributed by atoms with van der Waals surface area (Å²) in [5.41, 5.74) is 2.33. The Kier molecular flexibility index (Phi) is 5.46. The van der Waals surface area contributed by atoms with Crippen molar-refractivity contribution in [2.75, 3.05) is 11.1 Å². The van der Waals surface area contributed by atoms with Gasteiger partial charge < -0.3 is 5.32 Å². The van der Waals surface area contributed by atoms with Gasteiger partial charge in [0.25, 0.3) is 0 Å². The van der Waals surface area contributed by atoms with Crippen LogP contribution in [0.3, 0.4) is 0 Å². The lowest BCUT2D eigenvalue weighted by Gasteiger charge is -2.10. The molecule has 0 aromatic heterocycles. The number of primary sulfonamides is 1. The van der Waals surface area contributed by atoms with Crippen LogP contribution in [0.15, 0.2) is 52.3 Å². The molecule has 0 unspecified atom stereocenters. The Morgan fingerprint density at radius 3 is 2.48 bits per heavy atom. The monoisotopic (exact) mass is 350 g/mol. The van der Waals surface area contributed by atoms with Crippen LogP contribution in [0.4, 0.5) is 5.69 Å². The summed E-state index contributed by atoms with van der Waals surface area (Å²) in [6, 6.07) is 12.2. The number of hydrogen-bond acceptors (Lipinski definition) is 4. The van der Waals surface area contributed by atoms with E-state index in [-0.39, 0.29) is 16.6 Å². The average Bonchev–Trinajstić information content (AvgIpc) is 2.47. The van der Waals surface area contributed by atoms with E-state index in [1.54, 1.807) is 13.0 Å². The summed E-state index contributed by atoms with van der Waals surface area (Å²) in [6.45, 7) is 3.77. The first-order valence-electron chi connectivity index (χ1n) is 6.89. The summed E-state index contributed by atoms with van der Waals surface area (Å²) < 4.78 is 22.8. The van der Waals surface area contributed by atoms with Gasteiger partial charge in [-0.05, 0) is 43.2 Å². The summed E-state index contributed by atoms with van der Waals surface area (Å²) in [5.74, 6) is 0.0390. The third-order valence-electron chi connectivity index (χ3n) is 3.26. The van der Waals surface area contributed by atoms with Gasteiger partial charge in [0.15, 0.2) is 0 Å². The van der Waals surface area contributed by atoms with E-state index in [9.17, 15) is 13.2 Å². The Morgan fingerprint density at radius 1 is 1.13 bits per heavy atom. The maximum Gasteiger partial charge on any atom is 0.238 e. The molecule has 0 heterocycles. The zero-order valence-corrected chi connectivity index (χ0v) is 14.5. The molecule has 1 amide bonds. The van der Waals surface area contributed by atoms with Crippen molar-refractivity contribution in [3.63, 3.8) is 0 Å². The second kappa shape index (κ2) is 7.16. The average molecular weight is 350 g/mol. The number of nitrogens with one attached hydrogen (secondary N) is 1. The number of nitrogens with two attached hydrogens (primary N) is 1. The highest BCUT2D eigenvalue weighted by Crippen LogP contribution is 2.23. The molecule has 2 aromatic rings. The third-order valence-corrected chi connectivity index (χ3v) is 5.35. The van der Waals surface area contributed by atoms with Crippen molar-refractivity contribution in [3.8, 4) is 0 Å². The molecule has 0 bridgehead atoms. The molecule has 2 rings (SSSR count). The van der Waals surface area contributed by atoms with Crippen molar-refractivity contribution in [2.45, 2.75) is 23.6 Å². The minimum atomic E-state index is -3.80. The predicted molar refractivity (Wildman–Crippen MR) is 93.1 cm³/mol. The number of amides is 1. The molecule has 0 spiro atoms. The van der Waals surface area contributed by atoms with Gasteiger partial charge in [-0.3, -0.25) is 4.79 Å². The van der Waals surface area contributed by atoms with E-state index in [0.717, 1.165) is 16.0 Å². The van der Waals surface area contributed by atoms with Crippen LogP contribution in [0.25, 0.3) is 0 Å². The second-order valence-corrected chi connectivity index (χ2v) is 7.70. The number of anilines is 1. The topological polar surface area (TPSA) is 89.3 Å². The first kappa shape index (κ1) is 17.5. The molecular weight excluding hydrogens is 332 g/mol. The minimum Gasteiger partial charge on any atom is -0.325 e. The lowest BCUT2D eigenvalue weighted by molar-refractivity contribution is -0.113. The molecule has 122 valence electrons. The number of carbonyl (C=O) groups excluding carboxylic acids is 1.